The molecule has 0 saturated carbocycles. The average molecular weight is 207 g/mol. The van der Waals surface area contributed by atoms with E-state index in [1.165, 1.54) is 5.19 Å². The third kappa shape index (κ3) is 2.12. The lowest BCUT2D eigenvalue weighted by atomic mass is 10.4. The second-order valence-corrected chi connectivity index (χ2v) is 6.56. The molecule has 14 heavy (non-hydrogen) atoms. The molecule has 0 heterocycles. The fourth-order valence-corrected chi connectivity index (χ4v) is 3.81. The number of rotatable bonds is 5. The Hall–Kier alpha value is -0.903. The Kier molecular flexibility index (Phi) is 4.07. The van der Waals surface area contributed by atoms with Crippen LogP contribution in [0.15, 0.2) is 42.6 Å². The largest absolute Gasteiger partial charge is 0.408 e. The van der Waals surface area contributed by atoms with Gasteiger partial charge in [-0.25, -0.2) is 0 Å². The van der Waals surface area contributed by atoms with E-state index in [0.29, 0.717) is 12.8 Å². The highest BCUT2D eigenvalue weighted by atomic mass is 28.4. The lowest BCUT2D eigenvalue weighted by Crippen LogP contribution is -2.55. The molecule has 0 aliphatic rings. The topological polar surface area (TPSA) is 35.2 Å². The minimum Gasteiger partial charge on any atom is -0.408 e. The van der Waals surface area contributed by atoms with Gasteiger partial charge in [-0.2, -0.15) is 0 Å². The molecule has 1 rings (SSSR count). The zero-order valence-corrected chi connectivity index (χ0v) is 9.57. The molecule has 0 radical (unpaired) electrons. The van der Waals surface area contributed by atoms with Crippen molar-refractivity contribution in [1.82, 2.24) is 0 Å². The third-order valence-electron chi connectivity index (χ3n) is 2.30. The Morgan fingerprint density at radius 2 is 2.07 bits per heavy atom. The molecule has 0 saturated heterocycles. The molecule has 2 N–H and O–H groups in total. The number of hydrogen-bond donors (Lipinski definition) is 1. The van der Waals surface area contributed by atoms with Crippen LogP contribution >= 0.6 is 0 Å². The molecule has 0 spiro atoms. The molecular formula is C11H17NOSi. The van der Waals surface area contributed by atoms with E-state index in [2.05, 4.69) is 18.7 Å². The van der Waals surface area contributed by atoms with Crippen LogP contribution in [0.25, 0.3) is 0 Å². The van der Waals surface area contributed by atoms with E-state index in [-0.39, 0.29) is 0 Å². The van der Waals surface area contributed by atoms with Crippen LogP contribution in [0.2, 0.25) is 0 Å². The van der Waals surface area contributed by atoms with Gasteiger partial charge in [0, 0.05) is 12.8 Å². The smallest absolute Gasteiger partial charge is 0.261 e. The molecule has 1 aromatic carbocycles. The Bertz CT molecular complexity index is 289. The van der Waals surface area contributed by atoms with Gasteiger partial charge >= 0.3 is 0 Å². The SMILES string of the molecule is C=C[Si](CN)(OCC)c1ccccc1. The first-order valence-corrected chi connectivity index (χ1v) is 7.01. The lowest BCUT2D eigenvalue weighted by molar-refractivity contribution is 0.338. The van der Waals surface area contributed by atoms with Crippen LogP contribution in [0, 0.1) is 0 Å². The van der Waals surface area contributed by atoms with Crippen molar-refractivity contribution in [2.45, 2.75) is 6.92 Å². The quantitative estimate of drug-likeness (QED) is 0.734. The third-order valence-corrected chi connectivity index (χ3v) is 5.68. The van der Waals surface area contributed by atoms with Gasteiger partial charge in [0.25, 0.3) is 8.32 Å². The van der Waals surface area contributed by atoms with E-state index < -0.39 is 8.32 Å². The molecule has 0 aromatic heterocycles. The summed E-state index contributed by atoms with van der Waals surface area (Å²) in [4.78, 5) is 0. The van der Waals surface area contributed by atoms with Crippen molar-refractivity contribution in [2.75, 3.05) is 12.8 Å². The summed E-state index contributed by atoms with van der Waals surface area (Å²) < 4.78 is 5.81. The summed E-state index contributed by atoms with van der Waals surface area (Å²) in [6, 6.07) is 10.1. The molecule has 1 unspecified atom stereocenters. The summed E-state index contributed by atoms with van der Waals surface area (Å²) in [6.45, 7) is 6.53. The van der Waals surface area contributed by atoms with E-state index in [1.54, 1.807) is 0 Å². The Morgan fingerprint density at radius 3 is 2.50 bits per heavy atom. The number of hydrogen-bond acceptors (Lipinski definition) is 2. The van der Waals surface area contributed by atoms with Gasteiger partial charge < -0.3 is 10.2 Å². The molecule has 0 amide bonds. The summed E-state index contributed by atoms with van der Waals surface area (Å²) in [7, 11) is -2.08. The monoisotopic (exact) mass is 207 g/mol. The maximum Gasteiger partial charge on any atom is 0.261 e. The van der Waals surface area contributed by atoms with Crippen molar-refractivity contribution in [1.29, 1.82) is 0 Å². The van der Waals surface area contributed by atoms with E-state index in [0.717, 1.165) is 0 Å². The second kappa shape index (κ2) is 5.10. The van der Waals surface area contributed by atoms with Gasteiger partial charge in [0.2, 0.25) is 0 Å². The molecule has 76 valence electrons. The van der Waals surface area contributed by atoms with Crippen molar-refractivity contribution in [3.05, 3.63) is 42.6 Å². The maximum atomic E-state index is 5.81. The minimum absolute atomic E-state index is 0.550. The van der Waals surface area contributed by atoms with Crippen molar-refractivity contribution >= 4 is 13.5 Å². The van der Waals surface area contributed by atoms with Crippen LogP contribution in [0.3, 0.4) is 0 Å². The Labute approximate surface area is 86.5 Å². The Balaban J connectivity index is 3.04. The van der Waals surface area contributed by atoms with Crippen molar-refractivity contribution in [3.63, 3.8) is 0 Å². The predicted molar refractivity (Wildman–Crippen MR) is 62.7 cm³/mol. The first-order valence-electron chi connectivity index (χ1n) is 4.82. The van der Waals surface area contributed by atoms with Crippen molar-refractivity contribution in [3.8, 4) is 0 Å². The summed E-state index contributed by atoms with van der Waals surface area (Å²) in [5.41, 5.74) is 7.71. The zero-order valence-electron chi connectivity index (χ0n) is 8.57. The summed E-state index contributed by atoms with van der Waals surface area (Å²) in [6.07, 6.45) is 0.550. The van der Waals surface area contributed by atoms with Gasteiger partial charge in [0.15, 0.2) is 0 Å². The molecular weight excluding hydrogens is 190 g/mol. The fraction of sp³-hybridized carbons (Fsp3) is 0.273. The minimum atomic E-state index is -2.08. The van der Waals surface area contributed by atoms with Gasteiger partial charge in [-0.15, -0.1) is 6.58 Å². The van der Waals surface area contributed by atoms with Crippen LogP contribution in [-0.4, -0.2) is 21.1 Å². The molecule has 1 atom stereocenters. The summed E-state index contributed by atoms with van der Waals surface area (Å²) >= 11 is 0. The maximum absolute atomic E-state index is 5.81. The molecule has 1 aromatic rings. The standard InChI is InChI=1S/C11H17NOSi/c1-3-13-14(4-2,10-12)11-8-6-5-7-9-11/h4-9H,2-3,10,12H2,1H3. The van der Waals surface area contributed by atoms with E-state index in [4.69, 9.17) is 10.2 Å². The van der Waals surface area contributed by atoms with Crippen LogP contribution in [0.4, 0.5) is 0 Å². The van der Waals surface area contributed by atoms with E-state index in [1.807, 2.05) is 30.8 Å². The van der Waals surface area contributed by atoms with Crippen molar-refractivity contribution < 1.29 is 4.43 Å². The second-order valence-electron chi connectivity index (χ2n) is 3.10. The summed E-state index contributed by atoms with van der Waals surface area (Å²) in [5.74, 6) is 0. The van der Waals surface area contributed by atoms with Crippen molar-refractivity contribution in [2.24, 2.45) is 5.73 Å². The highest BCUT2D eigenvalue weighted by molar-refractivity contribution is 6.90. The predicted octanol–water partition coefficient (Wildman–Crippen LogP) is 1.10. The lowest BCUT2D eigenvalue weighted by Gasteiger charge is -2.26. The summed E-state index contributed by atoms with van der Waals surface area (Å²) in [5, 5.41) is 1.19. The molecule has 0 aliphatic heterocycles. The van der Waals surface area contributed by atoms with Crippen LogP contribution in [0.5, 0.6) is 0 Å². The van der Waals surface area contributed by atoms with Gasteiger partial charge in [-0.1, -0.05) is 36.0 Å². The van der Waals surface area contributed by atoms with Gasteiger partial charge in [0.05, 0.1) is 0 Å². The van der Waals surface area contributed by atoms with Gasteiger partial charge in [-0.05, 0) is 12.1 Å². The molecule has 0 aliphatic carbocycles. The molecule has 0 fully saturated rings. The highest BCUT2D eigenvalue weighted by Crippen LogP contribution is 2.05. The number of benzene rings is 1. The first-order chi connectivity index (χ1) is 6.79. The zero-order chi connectivity index (χ0) is 10.4. The molecule has 0 bridgehead atoms. The molecule has 2 nitrogen and oxygen atoms in total. The fourth-order valence-electron chi connectivity index (χ4n) is 1.50. The van der Waals surface area contributed by atoms with Crippen LogP contribution < -0.4 is 10.9 Å². The van der Waals surface area contributed by atoms with Crippen LogP contribution in [0.1, 0.15) is 6.92 Å². The molecule has 3 heteroatoms. The highest BCUT2D eigenvalue weighted by Gasteiger charge is 2.31. The van der Waals surface area contributed by atoms with Gasteiger partial charge in [-0.3, -0.25) is 0 Å². The van der Waals surface area contributed by atoms with E-state index >= 15 is 0 Å². The normalized spacial score (nSPS) is 14.7. The Morgan fingerprint density at radius 1 is 1.43 bits per heavy atom. The van der Waals surface area contributed by atoms with Crippen LogP contribution in [-0.2, 0) is 4.43 Å². The van der Waals surface area contributed by atoms with Gasteiger partial charge in [0.1, 0.15) is 0 Å². The van der Waals surface area contributed by atoms with E-state index in [9.17, 15) is 0 Å². The number of nitrogens with two attached hydrogens (primary N) is 1. The first kappa shape index (κ1) is 11.2. The average Bonchev–Trinajstić information content (AvgIpc) is 2.27.